The number of rotatable bonds is 14. The lowest BCUT2D eigenvalue weighted by molar-refractivity contribution is 0.0585. The summed E-state index contributed by atoms with van der Waals surface area (Å²) in [5.41, 5.74) is 5.43. The predicted molar refractivity (Wildman–Crippen MR) is 228 cm³/mol. The molecule has 5 heterocycles. The zero-order valence-electron chi connectivity index (χ0n) is 36.1. The highest BCUT2D eigenvalue weighted by Gasteiger charge is 2.12. The van der Waals surface area contributed by atoms with Crippen LogP contribution in [0.3, 0.4) is 0 Å². The Morgan fingerprint density at radius 2 is 1.02 bits per heavy atom. The van der Waals surface area contributed by atoms with Gasteiger partial charge in [0.1, 0.15) is 5.69 Å². The highest BCUT2D eigenvalue weighted by Crippen LogP contribution is 2.13. The second-order valence-corrected chi connectivity index (χ2v) is 12.5. The maximum Gasteiger partial charge on any atom is 0.356 e. The molecule has 0 amide bonds. The van der Waals surface area contributed by atoms with Crippen molar-refractivity contribution >= 4 is 39.8 Å². The normalized spacial score (nSPS) is 9.71. The molecule has 5 aromatic rings. The molecule has 0 saturated heterocycles. The van der Waals surface area contributed by atoms with Gasteiger partial charge in [-0.25, -0.2) is 24.2 Å². The van der Waals surface area contributed by atoms with E-state index in [9.17, 15) is 19.2 Å². The fraction of sp³-hybridized carbons (Fsp3) is 0.326. The number of esters is 4. The van der Waals surface area contributed by atoms with Gasteiger partial charge in [0.25, 0.3) is 0 Å². The minimum atomic E-state index is -0.432. The molecule has 0 bridgehead atoms. The molecule has 0 aromatic carbocycles. The van der Waals surface area contributed by atoms with Crippen molar-refractivity contribution in [3.8, 4) is 0 Å². The number of nitrogens with zero attached hydrogens (tertiary/aromatic N) is 5. The summed E-state index contributed by atoms with van der Waals surface area (Å²) < 4.78 is 43.6. The van der Waals surface area contributed by atoms with Gasteiger partial charge in [-0.2, -0.15) is 0 Å². The first-order valence-electron chi connectivity index (χ1n) is 18.1. The zero-order valence-corrected chi connectivity index (χ0v) is 37.7. The van der Waals surface area contributed by atoms with E-state index in [0.717, 1.165) is 15.9 Å². The monoisotopic (exact) mass is 925 g/mol. The Morgan fingerprint density at radius 1 is 0.468 bits per heavy atom. The minimum Gasteiger partial charge on any atom is -0.465 e. The van der Waals surface area contributed by atoms with Gasteiger partial charge < -0.3 is 42.6 Å². The van der Waals surface area contributed by atoms with E-state index in [1.807, 2.05) is 12.1 Å². The number of methoxy groups -OCH3 is 9. The maximum absolute atomic E-state index is 11.2. The van der Waals surface area contributed by atoms with Crippen LogP contribution >= 0.6 is 15.9 Å². The Bertz CT molecular complexity index is 2010. The predicted octanol–water partition coefficient (Wildman–Crippen LogP) is 6.05. The lowest BCUT2D eigenvalue weighted by Crippen LogP contribution is -2.07. The van der Waals surface area contributed by atoms with Gasteiger partial charge in [-0.05, 0) is 76.6 Å². The molecule has 0 aliphatic heterocycles. The molecule has 0 fully saturated rings. The SMILES string of the molecule is COCc1cc(C(=O)OC)ccn1.COCc1ccc(C(=O)OC)cn1.COCc1cccc(C(=O)OC)n1.COCc1ncccc1Br.COCc1ncccc1C(=O)OC. The summed E-state index contributed by atoms with van der Waals surface area (Å²) in [5, 5.41) is 0. The smallest absolute Gasteiger partial charge is 0.356 e. The molecule has 18 nitrogen and oxygen atoms in total. The third kappa shape index (κ3) is 20.9. The molecule has 0 aliphatic carbocycles. The van der Waals surface area contributed by atoms with E-state index in [2.05, 4.69) is 59.8 Å². The molecule has 334 valence electrons. The van der Waals surface area contributed by atoms with Crippen LogP contribution in [0.15, 0.2) is 96.0 Å². The second kappa shape index (κ2) is 32.7. The van der Waals surface area contributed by atoms with Crippen molar-refractivity contribution < 1.29 is 61.8 Å². The van der Waals surface area contributed by atoms with E-state index in [4.69, 9.17) is 23.7 Å². The summed E-state index contributed by atoms with van der Waals surface area (Å²) in [6, 6.07) is 18.9. The van der Waals surface area contributed by atoms with E-state index in [1.165, 1.54) is 34.6 Å². The van der Waals surface area contributed by atoms with Crippen molar-refractivity contribution in [3.63, 3.8) is 0 Å². The van der Waals surface area contributed by atoms with Crippen LogP contribution in [0, 0.1) is 0 Å². The maximum atomic E-state index is 11.2. The van der Waals surface area contributed by atoms with Crippen LogP contribution in [0.1, 0.15) is 70.0 Å². The average Bonchev–Trinajstić information content (AvgIpc) is 3.30. The fourth-order valence-corrected chi connectivity index (χ4v) is 4.79. The van der Waals surface area contributed by atoms with Gasteiger partial charge in [-0.1, -0.05) is 6.07 Å². The van der Waals surface area contributed by atoms with Gasteiger partial charge in [0.05, 0.1) is 107 Å². The molecule has 19 heteroatoms. The number of carbonyl (C=O) groups is 4. The lowest BCUT2D eigenvalue weighted by Gasteiger charge is -2.04. The quantitative estimate of drug-likeness (QED) is 0.0915. The topological polar surface area (TPSA) is 216 Å². The van der Waals surface area contributed by atoms with Crippen molar-refractivity contribution in [1.29, 1.82) is 0 Å². The molecule has 5 rings (SSSR count). The van der Waals surface area contributed by atoms with Crippen LogP contribution in [0.2, 0.25) is 0 Å². The molecule has 5 aromatic heterocycles. The summed E-state index contributed by atoms with van der Waals surface area (Å²) in [4.78, 5) is 64.5. The summed E-state index contributed by atoms with van der Waals surface area (Å²) in [6.07, 6.45) is 6.39. The van der Waals surface area contributed by atoms with Crippen LogP contribution in [-0.4, -0.2) is 113 Å². The van der Waals surface area contributed by atoms with E-state index in [1.54, 1.807) is 109 Å². The highest BCUT2D eigenvalue weighted by molar-refractivity contribution is 9.10. The van der Waals surface area contributed by atoms with E-state index in [0.29, 0.717) is 72.5 Å². The number of ether oxygens (including phenoxy) is 9. The Hall–Kier alpha value is -6.09. The first-order chi connectivity index (χ1) is 30.0. The van der Waals surface area contributed by atoms with Crippen molar-refractivity contribution in [1.82, 2.24) is 24.9 Å². The Morgan fingerprint density at radius 3 is 1.58 bits per heavy atom. The van der Waals surface area contributed by atoms with Crippen molar-refractivity contribution in [3.05, 3.63) is 147 Å². The number of halogens is 1. The number of pyridine rings is 5. The Labute approximate surface area is 369 Å². The van der Waals surface area contributed by atoms with Crippen molar-refractivity contribution in [2.75, 3.05) is 64.0 Å². The van der Waals surface area contributed by atoms with Crippen molar-refractivity contribution in [2.45, 2.75) is 33.0 Å². The number of hydrogen-bond donors (Lipinski definition) is 0. The van der Waals surface area contributed by atoms with E-state index < -0.39 is 5.97 Å². The summed E-state index contributed by atoms with van der Waals surface area (Å²) in [5.74, 6) is -1.56. The first-order valence-corrected chi connectivity index (χ1v) is 18.9. The van der Waals surface area contributed by atoms with Gasteiger partial charge in [0, 0.05) is 64.8 Å². The van der Waals surface area contributed by atoms with E-state index in [-0.39, 0.29) is 17.9 Å². The molecule has 0 N–H and O–H groups in total. The zero-order chi connectivity index (χ0) is 46.1. The van der Waals surface area contributed by atoms with Crippen LogP contribution in [0.25, 0.3) is 0 Å². The molecule has 0 saturated carbocycles. The largest absolute Gasteiger partial charge is 0.465 e. The summed E-state index contributed by atoms with van der Waals surface area (Å²) >= 11 is 3.35. The highest BCUT2D eigenvalue weighted by atomic mass is 79.9. The van der Waals surface area contributed by atoms with Gasteiger partial charge in [0.2, 0.25) is 0 Å². The molecule has 0 atom stereocenters. The molecule has 62 heavy (non-hydrogen) atoms. The third-order valence-corrected chi connectivity index (χ3v) is 7.98. The standard InChI is InChI=1S/4C9H11NO3.C7H8BrNO/c1-12-6-8-5-7(3-4-10-8)9(11)13-2;1-12-6-8-4-3-7(5-10-8)9(11)13-2;1-12-6-8-7(9(11)13-2)4-3-5-10-8;1-12-6-7-4-3-5-8(10-7)9(11)13-2;1-10-5-7-6(8)3-2-4-9-7/h4*3-5H,6H2,1-2H3;2-4H,5H2,1H3. The van der Waals surface area contributed by atoms with Gasteiger partial charge in [0.15, 0.2) is 0 Å². The molecule has 0 aliphatic rings. The van der Waals surface area contributed by atoms with Gasteiger partial charge in [-0.3, -0.25) is 19.9 Å². The number of hydrogen-bond acceptors (Lipinski definition) is 18. The number of aromatic nitrogens is 5. The van der Waals surface area contributed by atoms with Crippen LogP contribution in [-0.2, 0) is 75.7 Å². The first kappa shape index (κ1) is 53.9. The lowest BCUT2D eigenvalue weighted by atomic mass is 10.2. The Balaban J connectivity index is 0.000000389. The molecular weight excluding hydrogens is 874 g/mol. The van der Waals surface area contributed by atoms with Gasteiger partial charge in [-0.15, -0.1) is 0 Å². The van der Waals surface area contributed by atoms with E-state index >= 15 is 0 Å². The average molecular weight is 927 g/mol. The summed E-state index contributed by atoms with van der Waals surface area (Å²) in [6.45, 7) is 2.10. The second-order valence-electron chi connectivity index (χ2n) is 11.6. The number of carbonyl (C=O) groups excluding carboxylic acids is 4. The Kier molecular flexibility index (Phi) is 28.4. The molecule has 0 spiro atoms. The van der Waals surface area contributed by atoms with Crippen LogP contribution in [0.4, 0.5) is 0 Å². The van der Waals surface area contributed by atoms with Crippen LogP contribution < -0.4 is 0 Å². The minimum absolute atomic E-state index is 0.303. The third-order valence-electron chi connectivity index (χ3n) is 7.25. The molecule has 0 unspecified atom stereocenters. The van der Waals surface area contributed by atoms with Gasteiger partial charge >= 0.3 is 23.9 Å². The molecular formula is C43H52BrN5O13. The fourth-order valence-electron chi connectivity index (χ4n) is 4.42. The summed E-state index contributed by atoms with van der Waals surface area (Å²) in [7, 11) is 13.3. The molecule has 0 radical (unpaired) electrons. The van der Waals surface area contributed by atoms with Crippen LogP contribution in [0.5, 0.6) is 0 Å². The van der Waals surface area contributed by atoms with Crippen molar-refractivity contribution in [2.24, 2.45) is 0 Å².